The number of hydrogen-bond acceptors (Lipinski definition) is 4. The van der Waals surface area contributed by atoms with Gasteiger partial charge >= 0.3 is 5.97 Å². The first-order chi connectivity index (χ1) is 12.2. The zero-order valence-corrected chi connectivity index (χ0v) is 13.8. The summed E-state index contributed by atoms with van der Waals surface area (Å²) >= 11 is 0. The molecule has 25 heavy (non-hydrogen) atoms. The van der Waals surface area contributed by atoms with Crippen molar-refractivity contribution in [3.05, 3.63) is 60.0 Å². The van der Waals surface area contributed by atoms with Crippen LogP contribution in [0.3, 0.4) is 0 Å². The van der Waals surface area contributed by atoms with Crippen LogP contribution in [0, 0.1) is 0 Å². The van der Waals surface area contributed by atoms with Crippen molar-refractivity contribution in [2.75, 3.05) is 31.2 Å². The van der Waals surface area contributed by atoms with Crippen LogP contribution in [0.4, 0.5) is 5.69 Å². The smallest absolute Gasteiger partial charge is 0.337 e. The summed E-state index contributed by atoms with van der Waals surface area (Å²) in [6.07, 6.45) is 3.79. The number of fused-ring (bicyclic) bond motifs is 1. The average Bonchev–Trinajstić information content (AvgIpc) is 3.06. The third kappa shape index (κ3) is 3.08. The number of ether oxygens (including phenoxy) is 1. The Morgan fingerprint density at radius 2 is 2.00 bits per heavy atom. The summed E-state index contributed by atoms with van der Waals surface area (Å²) in [6.45, 7) is 3.79. The fourth-order valence-corrected chi connectivity index (χ4v) is 3.26. The Bertz CT molecular complexity index is 896. The fraction of sp³-hybridized carbons (Fsp3) is 0.263. The van der Waals surface area contributed by atoms with Gasteiger partial charge in [-0.2, -0.15) is 0 Å². The molecule has 0 atom stereocenters. The molecule has 0 unspecified atom stereocenters. The molecule has 0 saturated carbocycles. The van der Waals surface area contributed by atoms with E-state index in [4.69, 9.17) is 4.74 Å². The summed E-state index contributed by atoms with van der Waals surface area (Å²) in [5.41, 5.74) is 3.03. The maximum atomic E-state index is 11.5. The monoisotopic (exact) mass is 337 g/mol. The second-order valence-corrected chi connectivity index (χ2v) is 6.10. The maximum Gasteiger partial charge on any atom is 0.337 e. The third-order valence-corrected chi connectivity index (χ3v) is 4.54. The van der Waals surface area contributed by atoms with Crippen molar-refractivity contribution in [2.45, 2.75) is 6.54 Å². The Hall–Kier alpha value is -2.86. The van der Waals surface area contributed by atoms with E-state index in [-0.39, 0.29) is 0 Å². The maximum absolute atomic E-state index is 11.5. The van der Waals surface area contributed by atoms with E-state index in [1.165, 1.54) is 0 Å². The molecule has 0 radical (unpaired) electrons. The van der Waals surface area contributed by atoms with Crippen molar-refractivity contribution in [1.82, 2.24) is 9.55 Å². The molecule has 0 aliphatic carbocycles. The Morgan fingerprint density at radius 1 is 1.16 bits per heavy atom. The lowest BCUT2D eigenvalue weighted by atomic mass is 10.1. The number of morpholine rings is 1. The second kappa shape index (κ2) is 6.57. The molecule has 1 N–H and O–H groups in total. The number of benzene rings is 1. The quantitative estimate of drug-likeness (QED) is 0.793. The van der Waals surface area contributed by atoms with E-state index in [9.17, 15) is 9.90 Å². The highest BCUT2D eigenvalue weighted by atomic mass is 16.5. The lowest BCUT2D eigenvalue weighted by molar-refractivity contribution is 0.0698. The highest BCUT2D eigenvalue weighted by molar-refractivity contribution is 6.02. The normalized spacial score (nSPS) is 14.8. The number of nitrogens with zero attached hydrogens (tertiary/aromatic N) is 3. The van der Waals surface area contributed by atoms with Crippen LogP contribution in [0.1, 0.15) is 16.1 Å². The zero-order valence-electron chi connectivity index (χ0n) is 13.8. The minimum atomic E-state index is -0.916. The van der Waals surface area contributed by atoms with E-state index in [2.05, 4.69) is 16.0 Å². The molecular formula is C19H19N3O3. The molecule has 2 aromatic heterocycles. The van der Waals surface area contributed by atoms with Gasteiger partial charge < -0.3 is 19.3 Å². The van der Waals surface area contributed by atoms with Crippen molar-refractivity contribution in [2.24, 2.45) is 0 Å². The average molecular weight is 337 g/mol. The number of aromatic carboxylic acids is 1. The number of carboxylic acids is 1. The topological polar surface area (TPSA) is 67.6 Å². The number of anilines is 1. The predicted octanol–water partition coefficient (Wildman–Crippen LogP) is 2.62. The lowest BCUT2D eigenvalue weighted by Gasteiger charge is -2.28. The summed E-state index contributed by atoms with van der Waals surface area (Å²) in [5, 5.41) is 10.3. The molecule has 4 rings (SSSR count). The van der Waals surface area contributed by atoms with Gasteiger partial charge in [-0.3, -0.25) is 4.98 Å². The number of para-hydroxylation sites is 1. The molecule has 6 nitrogen and oxygen atoms in total. The Morgan fingerprint density at radius 3 is 2.72 bits per heavy atom. The molecule has 1 saturated heterocycles. The van der Waals surface area contributed by atoms with Crippen LogP contribution in [0.25, 0.3) is 10.9 Å². The number of carbonyl (C=O) groups is 1. The third-order valence-electron chi connectivity index (χ3n) is 4.54. The van der Waals surface area contributed by atoms with E-state index in [1.807, 2.05) is 35.2 Å². The van der Waals surface area contributed by atoms with Gasteiger partial charge in [0.25, 0.3) is 0 Å². The van der Waals surface area contributed by atoms with Crippen LogP contribution < -0.4 is 4.90 Å². The van der Waals surface area contributed by atoms with Crippen molar-refractivity contribution < 1.29 is 14.6 Å². The van der Waals surface area contributed by atoms with E-state index < -0.39 is 5.97 Å². The van der Waals surface area contributed by atoms with Crippen molar-refractivity contribution in [1.29, 1.82) is 0 Å². The summed E-state index contributed by atoms with van der Waals surface area (Å²) in [5.74, 6) is -0.916. The van der Waals surface area contributed by atoms with Gasteiger partial charge in [-0.15, -0.1) is 0 Å². The van der Waals surface area contributed by atoms with Crippen LogP contribution in [-0.4, -0.2) is 46.9 Å². The van der Waals surface area contributed by atoms with Crippen molar-refractivity contribution >= 4 is 22.6 Å². The lowest BCUT2D eigenvalue weighted by Crippen LogP contribution is -2.36. The fourth-order valence-electron chi connectivity index (χ4n) is 3.26. The summed E-state index contributed by atoms with van der Waals surface area (Å²) < 4.78 is 7.31. The summed E-state index contributed by atoms with van der Waals surface area (Å²) in [6, 6.07) is 11.3. The van der Waals surface area contributed by atoms with Crippen molar-refractivity contribution in [3.63, 3.8) is 0 Å². The summed E-state index contributed by atoms with van der Waals surface area (Å²) in [4.78, 5) is 18.3. The molecular weight excluding hydrogens is 318 g/mol. The second-order valence-electron chi connectivity index (χ2n) is 6.10. The van der Waals surface area contributed by atoms with Gasteiger partial charge in [0, 0.05) is 24.7 Å². The Labute approximate surface area is 145 Å². The van der Waals surface area contributed by atoms with Gasteiger partial charge in [0.1, 0.15) is 0 Å². The van der Waals surface area contributed by atoms with Crippen molar-refractivity contribution in [3.8, 4) is 0 Å². The molecule has 128 valence electrons. The van der Waals surface area contributed by atoms with Gasteiger partial charge in [0.2, 0.25) is 0 Å². The number of aromatic nitrogens is 2. The first-order valence-electron chi connectivity index (χ1n) is 8.31. The van der Waals surface area contributed by atoms with Gasteiger partial charge in [-0.25, -0.2) is 4.79 Å². The SMILES string of the molecule is O=C(O)c1cccc2ccn(Cc3ccc(N4CCOCC4)cn3)c12. The number of hydrogen-bond donors (Lipinski definition) is 1. The molecule has 1 aliphatic heterocycles. The number of pyridine rings is 1. The standard InChI is InChI=1S/C19H19N3O3/c23-19(24)17-3-1-2-14-6-7-22(18(14)17)13-15-4-5-16(12-20-15)21-8-10-25-11-9-21/h1-7,12H,8-11,13H2,(H,23,24). The van der Waals surface area contributed by atoms with E-state index in [0.717, 1.165) is 48.6 Å². The van der Waals surface area contributed by atoms with Gasteiger partial charge in [0.15, 0.2) is 0 Å². The predicted molar refractivity (Wildman–Crippen MR) is 95.3 cm³/mol. The highest BCUT2D eigenvalue weighted by Gasteiger charge is 2.14. The Balaban J connectivity index is 1.60. The van der Waals surface area contributed by atoms with Gasteiger partial charge in [-0.05, 0) is 24.3 Å². The van der Waals surface area contributed by atoms with E-state index in [0.29, 0.717) is 12.1 Å². The van der Waals surface area contributed by atoms with Gasteiger partial charge in [-0.1, -0.05) is 12.1 Å². The largest absolute Gasteiger partial charge is 0.478 e. The van der Waals surface area contributed by atoms with Crippen LogP contribution in [-0.2, 0) is 11.3 Å². The minimum Gasteiger partial charge on any atom is -0.478 e. The van der Waals surface area contributed by atoms with E-state index >= 15 is 0 Å². The van der Waals surface area contributed by atoms with Gasteiger partial charge in [0.05, 0.1) is 48.4 Å². The first kappa shape index (κ1) is 15.7. The molecule has 1 aromatic carbocycles. The minimum absolute atomic E-state index is 0.312. The molecule has 3 heterocycles. The molecule has 1 fully saturated rings. The van der Waals surface area contributed by atoms with Crippen LogP contribution in [0.5, 0.6) is 0 Å². The molecule has 0 amide bonds. The Kier molecular flexibility index (Phi) is 4.11. The van der Waals surface area contributed by atoms with E-state index in [1.54, 1.807) is 12.1 Å². The molecule has 0 spiro atoms. The van der Waals surface area contributed by atoms with Crippen LogP contribution >= 0.6 is 0 Å². The summed E-state index contributed by atoms with van der Waals surface area (Å²) in [7, 11) is 0. The molecule has 3 aromatic rings. The highest BCUT2D eigenvalue weighted by Crippen LogP contribution is 2.22. The number of carboxylic acid groups (broad SMARTS) is 1. The van der Waals surface area contributed by atoms with Crippen LogP contribution in [0.15, 0.2) is 48.8 Å². The number of rotatable bonds is 4. The first-order valence-corrected chi connectivity index (χ1v) is 8.31. The molecule has 0 bridgehead atoms. The molecule has 6 heteroatoms. The molecule has 1 aliphatic rings. The van der Waals surface area contributed by atoms with Crippen LogP contribution in [0.2, 0.25) is 0 Å². The zero-order chi connectivity index (χ0) is 17.2.